The van der Waals surface area contributed by atoms with Gasteiger partial charge in [-0.25, -0.2) is 9.59 Å². The largest absolute Gasteiger partial charge is 0.466 e. The van der Waals surface area contributed by atoms with Crippen LogP contribution in [0.15, 0.2) is 36.4 Å². The summed E-state index contributed by atoms with van der Waals surface area (Å²) < 4.78 is 9.46. The van der Waals surface area contributed by atoms with E-state index >= 15 is 0 Å². The number of carbonyl (C=O) groups is 2. The number of hydrogen-bond donors (Lipinski definition) is 1. The Kier molecular flexibility index (Phi) is 5.38. The summed E-state index contributed by atoms with van der Waals surface area (Å²) in [6.07, 6.45) is -1.96. The van der Waals surface area contributed by atoms with Crippen molar-refractivity contribution in [3.63, 3.8) is 0 Å². The van der Waals surface area contributed by atoms with Crippen molar-refractivity contribution in [2.45, 2.75) is 13.0 Å². The molecular formula is C13H14ClNO4. The number of para-hydroxylation sites is 1. The van der Waals surface area contributed by atoms with E-state index in [1.807, 2.05) is 0 Å². The first-order valence-corrected chi connectivity index (χ1v) is 5.79. The lowest BCUT2D eigenvalue weighted by molar-refractivity contribution is -0.148. The number of benzene rings is 1. The van der Waals surface area contributed by atoms with Crippen LogP contribution < -0.4 is 5.32 Å². The quantitative estimate of drug-likeness (QED) is 0.681. The van der Waals surface area contributed by atoms with Crippen LogP contribution in [-0.2, 0) is 14.3 Å². The summed E-state index contributed by atoms with van der Waals surface area (Å²) in [5, 5.41) is 2.80. The van der Waals surface area contributed by atoms with Crippen molar-refractivity contribution in [2.75, 3.05) is 12.4 Å². The number of methoxy groups -OCH3 is 1. The minimum atomic E-state index is -1.15. The molecule has 1 aromatic carbocycles. The molecule has 1 rings (SSSR count). The summed E-state index contributed by atoms with van der Waals surface area (Å²) in [5.74, 6) is -0.693. The molecule has 0 aliphatic heterocycles. The van der Waals surface area contributed by atoms with Crippen molar-refractivity contribution in [2.24, 2.45) is 0 Å². The average molecular weight is 284 g/mol. The molecule has 0 saturated carbocycles. The van der Waals surface area contributed by atoms with Crippen molar-refractivity contribution in [1.82, 2.24) is 0 Å². The molecule has 0 aromatic heterocycles. The van der Waals surface area contributed by atoms with Gasteiger partial charge < -0.3 is 9.47 Å². The molecule has 0 aliphatic carbocycles. The van der Waals surface area contributed by atoms with Crippen LogP contribution in [0.25, 0.3) is 0 Å². The molecule has 1 aromatic rings. The van der Waals surface area contributed by atoms with Crippen LogP contribution >= 0.6 is 11.6 Å². The lowest BCUT2D eigenvalue weighted by Crippen LogP contribution is -2.31. The van der Waals surface area contributed by atoms with Gasteiger partial charge >= 0.3 is 12.1 Å². The maximum Gasteiger partial charge on any atom is 0.412 e. The molecule has 0 fully saturated rings. The number of nitrogens with one attached hydrogen (secondary N) is 1. The van der Waals surface area contributed by atoms with Crippen LogP contribution in [-0.4, -0.2) is 25.3 Å². The van der Waals surface area contributed by atoms with Gasteiger partial charge in [-0.1, -0.05) is 30.3 Å². The van der Waals surface area contributed by atoms with Gasteiger partial charge in [0.25, 0.3) is 0 Å². The normalized spacial score (nSPS) is 11.3. The number of anilines is 1. The van der Waals surface area contributed by atoms with E-state index in [1.165, 1.54) is 7.11 Å². The first-order valence-electron chi connectivity index (χ1n) is 5.41. The molecule has 1 N–H and O–H groups in total. The molecule has 6 heteroatoms. The monoisotopic (exact) mass is 283 g/mol. The molecule has 0 heterocycles. The summed E-state index contributed by atoms with van der Waals surface area (Å²) in [5.41, 5.74) is 0.751. The van der Waals surface area contributed by atoms with Gasteiger partial charge in [-0.3, -0.25) is 5.32 Å². The Morgan fingerprint density at radius 2 is 2.00 bits per heavy atom. The van der Waals surface area contributed by atoms with E-state index in [-0.39, 0.29) is 0 Å². The van der Waals surface area contributed by atoms with Crippen LogP contribution in [0, 0.1) is 0 Å². The first kappa shape index (κ1) is 15.0. The van der Waals surface area contributed by atoms with Crippen molar-refractivity contribution in [3.8, 4) is 0 Å². The van der Waals surface area contributed by atoms with Gasteiger partial charge in [0.1, 0.15) is 0 Å². The van der Waals surface area contributed by atoms with Crippen LogP contribution in [0.1, 0.15) is 6.92 Å². The molecule has 0 bridgehead atoms. The van der Waals surface area contributed by atoms with E-state index in [0.29, 0.717) is 16.3 Å². The topological polar surface area (TPSA) is 64.6 Å². The van der Waals surface area contributed by atoms with Gasteiger partial charge in [-0.15, -0.1) is 0 Å². The average Bonchev–Trinajstić information content (AvgIpc) is 2.37. The van der Waals surface area contributed by atoms with Crippen molar-refractivity contribution in [3.05, 3.63) is 41.4 Å². The fraction of sp³-hybridized carbons (Fsp3) is 0.231. The highest BCUT2D eigenvalue weighted by atomic mass is 35.5. The van der Waals surface area contributed by atoms with Gasteiger partial charge in [0.05, 0.1) is 17.8 Å². The van der Waals surface area contributed by atoms with Gasteiger partial charge in [0.15, 0.2) is 0 Å². The zero-order valence-electron chi connectivity index (χ0n) is 10.6. The van der Waals surface area contributed by atoms with Crippen LogP contribution in [0.4, 0.5) is 10.5 Å². The minimum Gasteiger partial charge on any atom is -0.466 e. The second-order valence-electron chi connectivity index (χ2n) is 3.76. The summed E-state index contributed by atoms with van der Waals surface area (Å²) >= 11 is 5.88. The molecule has 1 unspecified atom stereocenters. The smallest absolute Gasteiger partial charge is 0.412 e. The van der Waals surface area contributed by atoms with E-state index < -0.39 is 18.2 Å². The van der Waals surface area contributed by atoms with Gasteiger partial charge in [0.2, 0.25) is 6.10 Å². The Labute approximate surface area is 116 Å². The third-order valence-corrected chi connectivity index (χ3v) is 2.53. The van der Waals surface area contributed by atoms with Crippen LogP contribution in [0.2, 0.25) is 5.02 Å². The molecule has 0 radical (unpaired) electrons. The molecule has 5 nitrogen and oxygen atoms in total. The van der Waals surface area contributed by atoms with Gasteiger partial charge in [0, 0.05) is 0 Å². The number of hydrogen-bond acceptors (Lipinski definition) is 4. The second-order valence-corrected chi connectivity index (χ2v) is 4.17. The number of ether oxygens (including phenoxy) is 2. The highest BCUT2D eigenvalue weighted by molar-refractivity contribution is 6.33. The minimum absolute atomic E-state index is 0.362. The summed E-state index contributed by atoms with van der Waals surface area (Å²) in [6.45, 7) is 5.13. The number of amides is 1. The van der Waals surface area contributed by atoms with Crippen molar-refractivity contribution in [1.29, 1.82) is 0 Å². The molecule has 0 saturated heterocycles. The van der Waals surface area contributed by atoms with Gasteiger partial charge in [-0.2, -0.15) is 0 Å². The SMILES string of the molecule is C=C(C)C(OC(=O)Nc1ccccc1Cl)C(=O)OC. The fourth-order valence-electron chi connectivity index (χ4n) is 1.27. The molecule has 0 aliphatic rings. The first-order chi connectivity index (χ1) is 8.95. The Balaban J connectivity index is 2.71. The molecule has 0 spiro atoms. The molecule has 1 amide bonds. The molecule has 19 heavy (non-hydrogen) atoms. The van der Waals surface area contributed by atoms with Crippen molar-refractivity contribution < 1.29 is 19.1 Å². The molecule has 102 valence electrons. The van der Waals surface area contributed by atoms with E-state index in [2.05, 4.69) is 16.6 Å². The second kappa shape index (κ2) is 6.80. The van der Waals surface area contributed by atoms with Crippen molar-refractivity contribution >= 4 is 29.4 Å². The van der Waals surface area contributed by atoms with Gasteiger partial charge in [-0.05, 0) is 24.6 Å². The van der Waals surface area contributed by atoms with E-state index in [1.54, 1.807) is 31.2 Å². The maximum absolute atomic E-state index is 11.7. The standard InChI is InChI=1S/C13H14ClNO4/c1-8(2)11(12(16)18-3)19-13(17)15-10-7-5-4-6-9(10)14/h4-7,11H,1H2,2-3H3,(H,15,17). The number of carbonyl (C=O) groups excluding carboxylic acids is 2. The third-order valence-electron chi connectivity index (χ3n) is 2.20. The number of esters is 1. The maximum atomic E-state index is 11.7. The zero-order chi connectivity index (χ0) is 14.4. The van der Waals surface area contributed by atoms with E-state index in [4.69, 9.17) is 16.3 Å². The van der Waals surface area contributed by atoms with E-state index in [9.17, 15) is 9.59 Å². The summed E-state index contributed by atoms with van der Waals surface area (Å²) in [7, 11) is 1.20. The predicted molar refractivity (Wildman–Crippen MR) is 72.2 cm³/mol. The lowest BCUT2D eigenvalue weighted by atomic mass is 10.2. The molecule has 1 atom stereocenters. The lowest BCUT2D eigenvalue weighted by Gasteiger charge is -2.16. The van der Waals surface area contributed by atoms with E-state index in [0.717, 1.165) is 0 Å². The van der Waals surface area contributed by atoms with Crippen LogP contribution in [0.3, 0.4) is 0 Å². The number of rotatable bonds is 4. The summed E-state index contributed by atoms with van der Waals surface area (Å²) in [6, 6.07) is 6.66. The third kappa shape index (κ3) is 4.30. The Morgan fingerprint density at radius 1 is 1.37 bits per heavy atom. The highest BCUT2D eigenvalue weighted by Crippen LogP contribution is 2.21. The Hall–Kier alpha value is -2.01. The number of halogens is 1. The Morgan fingerprint density at radius 3 is 2.53 bits per heavy atom. The Bertz CT molecular complexity index is 501. The summed E-state index contributed by atoms with van der Waals surface area (Å²) in [4.78, 5) is 23.1. The molecular weight excluding hydrogens is 270 g/mol. The predicted octanol–water partition coefficient (Wildman–Crippen LogP) is 3.01. The fourth-order valence-corrected chi connectivity index (χ4v) is 1.45. The van der Waals surface area contributed by atoms with Crippen LogP contribution in [0.5, 0.6) is 0 Å². The zero-order valence-corrected chi connectivity index (χ0v) is 11.4. The highest BCUT2D eigenvalue weighted by Gasteiger charge is 2.24.